The van der Waals surface area contributed by atoms with Crippen LogP contribution in [0, 0.1) is 34.0 Å². The number of ether oxygens (including phenoxy) is 1. The Kier molecular flexibility index (Phi) is 5.74. The molecule has 1 aromatic rings. The summed E-state index contributed by atoms with van der Waals surface area (Å²) < 4.78 is 5.04. The van der Waals surface area contributed by atoms with Gasteiger partial charge in [-0.15, -0.1) is 0 Å². The fourth-order valence-electron chi connectivity index (χ4n) is 2.23. The molecule has 0 bridgehead atoms. The summed E-state index contributed by atoms with van der Waals surface area (Å²) in [6, 6.07) is 13.4. The maximum absolute atomic E-state index is 12.3. The molecule has 0 aliphatic heterocycles. The molecule has 20 heavy (non-hydrogen) atoms. The van der Waals surface area contributed by atoms with Crippen LogP contribution in [0.5, 0.6) is 0 Å². The summed E-state index contributed by atoms with van der Waals surface area (Å²) in [6.45, 7) is 3.68. The fraction of sp³-hybridized carbons (Fsp3) is 0.438. The number of benzene rings is 1. The van der Waals surface area contributed by atoms with Crippen molar-refractivity contribution in [2.75, 3.05) is 6.61 Å². The van der Waals surface area contributed by atoms with Crippen molar-refractivity contribution >= 4 is 5.97 Å². The lowest BCUT2D eigenvalue weighted by Gasteiger charge is -2.28. The lowest BCUT2D eigenvalue weighted by molar-refractivity contribution is -0.154. The maximum atomic E-state index is 12.3. The molecular weight excluding hydrogens is 252 g/mol. The van der Waals surface area contributed by atoms with E-state index >= 15 is 0 Å². The van der Waals surface area contributed by atoms with Crippen molar-refractivity contribution in [2.24, 2.45) is 11.3 Å². The van der Waals surface area contributed by atoms with Gasteiger partial charge in [-0.25, -0.2) is 0 Å². The highest BCUT2D eigenvalue weighted by Crippen LogP contribution is 2.35. The van der Waals surface area contributed by atoms with Gasteiger partial charge in [0.15, 0.2) is 5.41 Å². The third kappa shape index (κ3) is 3.16. The van der Waals surface area contributed by atoms with Gasteiger partial charge < -0.3 is 4.74 Å². The molecule has 0 heterocycles. The van der Waals surface area contributed by atoms with Crippen molar-refractivity contribution in [3.05, 3.63) is 35.9 Å². The van der Waals surface area contributed by atoms with Crippen molar-refractivity contribution < 1.29 is 9.53 Å². The Bertz CT molecular complexity index is 528. The van der Waals surface area contributed by atoms with Crippen LogP contribution in [-0.4, -0.2) is 12.6 Å². The molecule has 0 saturated heterocycles. The molecule has 0 aliphatic rings. The third-order valence-electron chi connectivity index (χ3n) is 3.32. The fourth-order valence-corrected chi connectivity index (χ4v) is 2.23. The summed E-state index contributed by atoms with van der Waals surface area (Å²) in [7, 11) is 0. The van der Waals surface area contributed by atoms with Crippen LogP contribution in [0.3, 0.4) is 0 Å². The Morgan fingerprint density at radius 1 is 1.30 bits per heavy atom. The van der Waals surface area contributed by atoms with Crippen LogP contribution in [-0.2, 0) is 16.0 Å². The quantitative estimate of drug-likeness (QED) is 0.745. The van der Waals surface area contributed by atoms with E-state index in [0.29, 0.717) is 6.42 Å². The second-order valence-corrected chi connectivity index (χ2v) is 4.56. The zero-order chi connectivity index (χ0) is 15.0. The van der Waals surface area contributed by atoms with Crippen LogP contribution < -0.4 is 0 Å². The SMILES string of the molecule is CCOC(=O)C(C#N)(Cc1ccccc1)C(C#N)CC. The molecule has 0 aliphatic carbocycles. The minimum Gasteiger partial charge on any atom is -0.465 e. The van der Waals surface area contributed by atoms with Crippen LogP contribution in [0.1, 0.15) is 25.8 Å². The van der Waals surface area contributed by atoms with E-state index in [2.05, 4.69) is 12.1 Å². The molecular formula is C16H18N2O2. The minimum absolute atomic E-state index is 0.190. The number of nitrogens with zero attached hydrogens (tertiary/aromatic N) is 2. The van der Waals surface area contributed by atoms with Gasteiger partial charge in [-0.05, 0) is 18.9 Å². The number of hydrogen-bond acceptors (Lipinski definition) is 4. The van der Waals surface area contributed by atoms with E-state index in [1.165, 1.54) is 0 Å². The molecule has 2 unspecified atom stereocenters. The molecule has 4 nitrogen and oxygen atoms in total. The van der Waals surface area contributed by atoms with Gasteiger partial charge in [0, 0.05) is 6.42 Å². The van der Waals surface area contributed by atoms with Crippen LogP contribution >= 0.6 is 0 Å². The molecule has 0 spiro atoms. The summed E-state index contributed by atoms with van der Waals surface area (Å²) in [6.07, 6.45) is 0.616. The van der Waals surface area contributed by atoms with Crippen LogP contribution in [0.15, 0.2) is 30.3 Å². The van der Waals surface area contributed by atoms with Crippen LogP contribution in [0.4, 0.5) is 0 Å². The van der Waals surface area contributed by atoms with E-state index in [1.807, 2.05) is 30.3 Å². The average Bonchev–Trinajstić information content (AvgIpc) is 2.48. The number of esters is 1. The zero-order valence-corrected chi connectivity index (χ0v) is 11.8. The summed E-state index contributed by atoms with van der Waals surface area (Å²) in [5.74, 6) is -1.30. The van der Waals surface area contributed by atoms with E-state index < -0.39 is 17.3 Å². The Hall–Kier alpha value is -2.33. The highest BCUT2D eigenvalue weighted by Gasteiger charge is 2.47. The molecule has 0 aromatic heterocycles. The van der Waals surface area contributed by atoms with E-state index in [1.54, 1.807) is 13.8 Å². The second-order valence-electron chi connectivity index (χ2n) is 4.56. The number of rotatable bonds is 6. The molecule has 0 saturated carbocycles. The second kappa shape index (κ2) is 7.31. The maximum Gasteiger partial charge on any atom is 0.328 e. The monoisotopic (exact) mass is 270 g/mol. The molecule has 1 rings (SSSR count). The average molecular weight is 270 g/mol. The van der Waals surface area contributed by atoms with Gasteiger partial charge in [0.2, 0.25) is 0 Å². The summed E-state index contributed by atoms with van der Waals surface area (Å²) in [4.78, 5) is 12.3. The predicted molar refractivity (Wildman–Crippen MR) is 74.2 cm³/mol. The predicted octanol–water partition coefficient (Wildman–Crippen LogP) is 2.85. The number of hydrogen-bond donors (Lipinski definition) is 0. The van der Waals surface area contributed by atoms with Gasteiger partial charge >= 0.3 is 5.97 Å². The Labute approximate surface area is 119 Å². The van der Waals surface area contributed by atoms with Crippen molar-refractivity contribution in [2.45, 2.75) is 26.7 Å². The van der Waals surface area contributed by atoms with Crippen LogP contribution in [0.25, 0.3) is 0 Å². The van der Waals surface area contributed by atoms with E-state index in [0.717, 1.165) is 5.56 Å². The Balaban J connectivity index is 3.22. The molecule has 0 N–H and O–H groups in total. The lowest BCUT2D eigenvalue weighted by Crippen LogP contribution is -2.40. The van der Waals surface area contributed by atoms with Gasteiger partial charge in [-0.3, -0.25) is 4.79 Å². The molecule has 0 radical (unpaired) electrons. The topological polar surface area (TPSA) is 73.9 Å². The normalized spacial score (nSPS) is 14.4. The van der Waals surface area contributed by atoms with E-state index in [4.69, 9.17) is 4.74 Å². The molecule has 0 fully saturated rings. The molecule has 104 valence electrons. The third-order valence-corrected chi connectivity index (χ3v) is 3.32. The van der Waals surface area contributed by atoms with Crippen LogP contribution in [0.2, 0.25) is 0 Å². The first-order valence-electron chi connectivity index (χ1n) is 6.66. The van der Waals surface area contributed by atoms with Crippen molar-refractivity contribution in [3.63, 3.8) is 0 Å². The van der Waals surface area contributed by atoms with Gasteiger partial charge in [0.05, 0.1) is 24.7 Å². The van der Waals surface area contributed by atoms with Gasteiger partial charge in [0.1, 0.15) is 0 Å². The van der Waals surface area contributed by atoms with Crippen molar-refractivity contribution in [1.82, 2.24) is 0 Å². The standard InChI is InChI=1S/C16H18N2O2/c1-3-14(11-17)16(12-18,15(19)20-4-2)10-13-8-6-5-7-9-13/h5-9,14H,3-4,10H2,1-2H3. The lowest BCUT2D eigenvalue weighted by atomic mass is 9.71. The Morgan fingerprint density at radius 3 is 2.40 bits per heavy atom. The first-order valence-corrected chi connectivity index (χ1v) is 6.66. The summed E-state index contributed by atoms with van der Waals surface area (Å²) in [5.41, 5.74) is -0.600. The molecule has 1 aromatic carbocycles. The molecule has 4 heteroatoms. The highest BCUT2D eigenvalue weighted by atomic mass is 16.5. The number of nitriles is 2. The smallest absolute Gasteiger partial charge is 0.328 e. The molecule has 2 atom stereocenters. The number of carbonyl (C=O) groups excluding carboxylic acids is 1. The largest absolute Gasteiger partial charge is 0.465 e. The Morgan fingerprint density at radius 2 is 1.95 bits per heavy atom. The van der Waals surface area contributed by atoms with Crippen molar-refractivity contribution in [1.29, 1.82) is 10.5 Å². The first-order chi connectivity index (χ1) is 9.64. The van der Waals surface area contributed by atoms with Crippen molar-refractivity contribution in [3.8, 4) is 12.1 Å². The zero-order valence-electron chi connectivity index (χ0n) is 11.8. The summed E-state index contributed by atoms with van der Waals surface area (Å²) >= 11 is 0. The first kappa shape index (κ1) is 15.7. The van der Waals surface area contributed by atoms with E-state index in [-0.39, 0.29) is 13.0 Å². The van der Waals surface area contributed by atoms with Gasteiger partial charge in [0.25, 0.3) is 0 Å². The highest BCUT2D eigenvalue weighted by molar-refractivity contribution is 5.81. The van der Waals surface area contributed by atoms with Gasteiger partial charge in [-0.1, -0.05) is 37.3 Å². The van der Waals surface area contributed by atoms with E-state index in [9.17, 15) is 15.3 Å². The molecule has 0 amide bonds. The number of carbonyl (C=O) groups is 1. The minimum atomic E-state index is -1.44. The summed E-state index contributed by atoms with van der Waals surface area (Å²) in [5, 5.41) is 18.8. The van der Waals surface area contributed by atoms with Gasteiger partial charge in [-0.2, -0.15) is 10.5 Å².